The van der Waals surface area contributed by atoms with Crippen LogP contribution < -0.4 is 5.73 Å². The Hall–Kier alpha value is -0.550. The summed E-state index contributed by atoms with van der Waals surface area (Å²) < 4.78 is -0.0519. The number of rotatable bonds is 3. The van der Waals surface area contributed by atoms with E-state index in [1.807, 2.05) is 13.2 Å². The summed E-state index contributed by atoms with van der Waals surface area (Å²) in [4.78, 5) is 4.34. The molecule has 0 saturated heterocycles. The number of aromatic amines is 1. The lowest BCUT2D eigenvalue weighted by atomic mass is 10.2. The molecule has 5 heteroatoms. The molecule has 0 aliphatic carbocycles. The average molecular weight is 200 g/mol. The molecule has 0 aliphatic heterocycles. The van der Waals surface area contributed by atoms with Crippen LogP contribution in [0.1, 0.15) is 38.5 Å². The molecule has 1 rings (SSSR count). The predicted octanol–water partition coefficient (Wildman–Crippen LogP) is 1.42. The van der Waals surface area contributed by atoms with Crippen LogP contribution in [0.15, 0.2) is 0 Å². The fraction of sp³-hybridized carbons (Fsp3) is 0.750. The maximum Gasteiger partial charge on any atom is 0.166 e. The summed E-state index contributed by atoms with van der Waals surface area (Å²) in [5.74, 6) is 1.56. The zero-order chi connectivity index (χ0) is 10.1. The molecule has 1 unspecified atom stereocenters. The first kappa shape index (κ1) is 10.5. The lowest BCUT2D eigenvalue weighted by molar-refractivity contribution is 0.710. The third-order valence-electron chi connectivity index (χ3n) is 1.98. The van der Waals surface area contributed by atoms with Crippen molar-refractivity contribution in [2.45, 2.75) is 31.6 Å². The second kappa shape index (κ2) is 3.67. The van der Waals surface area contributed by atoms with E-state index in [0.717, 1.165) is 11.6 Å². The summed E-state index contributed by atoms with van der Waals surface area (Å²) in [5, 5.41) is 6.99. The second-order valence-corrected chi connectivity index (χ2v) is 4.98. The van der Waals surface area contributed by atoms with Crippen molar-refractivity contribution in [1.29, 1.82) is 0 Å². The lowest BCUT2D eigenvalue weighted by Crippen LogP contribution is -2.14. The first-order valence-electron chi connectivity index (χ1n) is 4.21. The third kappa shape index (κ3) is 2.22. The fourth-order valence-electron chi connectivity index (χ4n) is 0.838. The van der Waals surface area contributed by atoms with E-state index >= 15 is 0 Å². The molecule has 0 fully saturated rings. The monoisotopic (exact) mass is 200 g/mol. The van der Waals surface area contributed by atoms with Crippen molar-refractivity contribution in [2.75, 3.05) is 6.26 Å². The van der Waals surface area contributed by atoms with Gasteiger partial charge < -0.3 is 5.73 Å². The molecule has 1 heterocycles. The molecule has 4 nitrogen and oxygen atoms in total. The van der Waals surface area contributed by atoms with Gasteiger partial charge in [0.15, 0.2) is 5.82 Å². The van der Waals surface area contributed by atoms with Crippen molar-refractivity contribution < 1.29 is 0 Å². The van der Waals surface area contributed by atoms with Crippen molar-refractivity contribution in [2.24, 2.45) is 5.73 Å². The molecule has 0 saturated carbocycles. The smallest absolute Gasteiger partial charge is 0.166 e. The van der Waals surface area contributed by atoms with Crippen molar-refractivity contribution in [3.05, 3.63) is 11.6 Å². The number of nitrogens with two attached hydrogens (primary N) is 1. The number of H-pyrrole nitrogens is 1. The van der Waals surface area contributed by atoms with E-state index in [1.54, 1.807) is 11.8 Å². The molecule has 0 amide bonds. The highest BCUT2D eigenvalue weighted by atomic mass is 32.2. The van der Waals surface area contributed by atoms with Crippen LogP contribution in [0.5, 0.6) is 0 Å². The van der Waals surface area contributed by atoms with Gasteiger partial charge in [-0.15, -0.1) is 0 Å². The molecule has 0 radical (unpaired) electrons. The number of nitrogens with one attached hydrogen (secondary N) is 1. The van der Waals surface area contributed by atoms with Crippen LogP contribution in [0.2, 0.25) is 0 Å². The van der Waals surface area contributed by atoms with Crippen molar-refractivity contribution in [1.82, 2.24) is 15.2 Å². The van der Waals surface area contributed by atoms with E-state index in [2.05, 4.69) is 29.0 Å². The van der Waals surface area contributed by atoms with Gasteiger partial charge in [-0.2, -0.15) is 16.9 Å². The number of nitrogens with zero attached hydrogens (tertiary/aromatic N) is 2. The highest BCUT2D eigenvalue weighted by molar-refractivity contribution is 7.99. The Morgan fingerprint density at radius 1 is 1.54 bits per heavy atom. The first-order valence-corrected chi connectivity index (χ1v) is 5.43. The van der Waals surface area contributed by atoms with Gasteiger partial charge in [0, 0.05) is 0 Å². The molecule has 0 bridgehead atoms. The Morgan fingerprint density at radius 3 is 2.54 bits per heavy atom. The maximum atomic E-state index is 5.67. The number of thioether (sulfide) groups is 1. The standard InChI is InChI=1S/C8H16N4S/c1-5(9)6-10-7(12-11-6)8(2,3)13-4/h5H,9H2,1-4H3,(H,10,11,12). The normalized spacial score (nSPS) is 14.5. The van der Waals surface area contributed by atoms with Gasteiger partial charge in [-0.1, -0.05) is 0 Å². The summed E-state index contributed by atoms with van der Waals surface area (Å²) in [5.41, 5.74) is 5.67. The number of hydrogen-bond donors (Lipinski definition) is 2. The summed E-state index contributed by atoms with van der Waals surface area (Å²) >= 11 is 1.72. The Morgan fingerprint density at radius 2 is 2.15 bits per heavy atom. The quantitative estimate of drug-likeness (QED) is 0.774. The summed E-state index contributed by atoms with van der Waals surface area (Å²) in [7, 11) is 0. The van der Waals surface area contributed by atoms with Gasteiger partial charge in [0.25, 0.3) is 0 Å². The van der Waals surface area contributed by atoms with Crippen LogP contribution in [0, 0.1) is 0 Å². The van der Waals surface area contributed by atoms with Gasteiger partial charge in [-0.05, 0) is 27.0 Å². The Balaban J connectivity index is 2.91. The van der Waals surface area contributed by atoms with Crippen molar-refractivity contribution >= 4 is 11.8 Å². The molecule has 1 aromatic heterocycles. The molecule has 0 aromatic carbocycles. The molecule has 3 N–H and O–H groups in total. The molecule has 1 aromatic rings. The van der Waals surface area contributed by atoms with E-state index in [1.165, 1.54) is 0 Å². The molecule has 74 valence electrons. The van der Waals surface area contributed by atoms with Crippen LogP contribution in [0.4, 0.5) is 0 Å². The van der Waals surface area contributed by atoms with E-state index < -0.39 is 0 Å². The van der Waals surface area contributed by atoms with Gasteiger partial charge in [0.05, 0.1) is 10.8 Å². The Labute approximate surface area is 82.7 Å². The van der Waals surface area contributed by atoms with E-state index in [-0.39, 0.29) is 10.8 Å². The van der Waals surface area contributed by atoms with Crippen LogP contribution in [-0.4, -0.2) is 21.4 Å². The van der Waals surface area contributed by atoms with Crippen LogP contribution in [0.25, 0.3) is 0 Å². The van der Waals surface area contributed by atoms with Crippen LogP contribution in [-0.2, 0) is 4.75 Å². The fourth-order valence-corrected chi connectivity index (χ4v) is 1.11. The van der Waals surface area contributed by atoms with Gasteiger partial charge in [-0.25, -0.2) is 4.98 Å². The van der Waals surface area contributed by atoms with Crippen molar-refractivity contribution in [3.8, 4) is 0 Å². The number of aromatic nitrogens is 3. The molecule has 0 spiro atoms. The van der Waals surface area contributed by atoms with Crippen molar-refractivity contribution in [3.63, 3.8) is 0 Å². The topological polar surface area (TPSA) is 67.6 Å². The minimum Gasteiger partial charge on any atom is -0.322 e. The second-order valence-electron chi connectivity index (χ2n) is 3.55. The molecule has 13 heavy (non-hydrogen) atoms. The largest absolute Gasteiger partial charge is 0.322 e. The van der Waals surface area contributed by atoms with Crippen LogP contribution in [0.3, 0.4) is 0 Å². The SMILES string of the molecule is CSC(C)(C)c1n[nH]c(C(C)N)n1. The van der Waals surface area contributed by atoms with Gasteiger partial charge >= 0.3 is 0 Å². The van der Waals surface area contributed by atoms with Gasteiger partial charge in [0.2, 0.25) is 0 Å². The van der Waals surface area contributed by atoms with Gasteiger partial charge in [-0.3, -0.25) is 5.10 Å². The zero-order valence-corrected chi connectivity index (χ0v) is 9.27. The Kier molecular flexibility index (Phi) is 2.98. The summed E-state index contributed by atoms with van der Waals surface area (Å²) in [6.45, 7) is 6.06. The molecular formula is C8H16N4S. The first-order chi connectivity index (χ1) is 5.97. The third-order valence-corrected chi connectivity index (χ3v) is 3.19. The Bertz CT molecular complexity index is 279. The predicted molar refractivity (Wildman–Crippen MR) is 55.5 cm³/mol. The maximum absolute atomic E-state index is 5.67. The zero-order valence-electron chi connectivity index (χ0n) is 8.46. The van der Waals surface area contributed by atoms with Gasteiger partial charge in [0.1, 0.15) is 5.82 Å². The molecule has 1 atom stereocenters. The minimum absolute atomic E-state index is 0.0519. The number of hydrogen-bond acceptors (Lipinski definition) is 4. The van der Waals surface area contributed by atoms with Crippen LogP contribution >= 0.6 is 11.8 Å². The average Bonchev–Trinajstić information content (AvgIpc) is 2.52. The van der Waals surface area contributed by atoms with E-state index in [4.69, 9.17) is 5.73 Å². The minimum atomic E-state index is -0.0843. The lowest BCUT2D eigenvalue weighted by Gasteiger charge is -2.16. The highest BCUT2D eigenvalue weighted by Crippen LogP contribution is 2.30. The van der Waals surface area contributed by atoms with E-state index in [0.29, 0.717) is 0 Å². The summed E-state index contributed by atoms with van der Waals surface area (Å²) in [6.07, 6.45) is 2.04. The molecular weight excluding hydrogens is 184 g/mol. The highest BCUT2D eigenvalue weighted by Gasteiger charge is 2.24. The molecule has 0 aliphatic rings. The summed E-state index contributed by atoms with van der Waals surface area (Å²) in [6, 6.07) is -0.0843. The van der Waals surface area contributed by atoms with E-state index in [9.17, 15) is 0 Å².